The Balaban J connectivity index is 3.15. The van der Waals surface area contributed by atoms with Crippen molar-refractivity contribution in [3.8, 4) is 12.3 Å². The highest BCUT2D eigenvalue weighted by Gasteiger charge is 2.11. The number of nitrogens with zero attached hydrogens (tertiary/aromatic N) is 4. The van der Waals surface area contributed by atoms with Crippen LogP contribution in [0.5, 0.6) is 0 Å². The molecule has 0 unspecified atom stereocenters. The summed E-state index contributed by atoms with van der Waals surface area (Å²) in [6, 6.07) is 9.31. The number of para-hydroxylation sites is 1. The van der Waals surface area contributed by atoms with Gasteiger partial charge < -0.3 is 4.90 Å². The lowest BCUT2D eigenvalue weighted by molar-refractivity contribution is 1.26. The third-order valence-electron chi connectivity index (χ3n) is 2.00. The standard InChI is InChI=1S/C11H10N4S/c1-15(11(16-2)14-8-13)10-6-4-3-5-9(10)7-12/h3-6H,1-2H3. The first-order valence-corrected chi connectivity index (χ1v) is 5.70. The molecule has 4 nitrogen and oxygen atoms in total. The van der Waals surface area contributed by atoms with Gasteiger partial charge in [-0.05, 0) is 18.4 Å². The zero-order chi connectivity index (χ0) is 12.0. The summed E-state index contributed by atoms with van der Waals surface area (Å²) >= 11 is 1.36. The molecule has 1 aromatic carbocycles. The Labute approximate surface area is 98.8 Å². The van der Waals surface area contributed by atoms with E-state index in [1.165, 1.54) is 11.8 Å². The second-order valence-corrected chi connectivity index (χ2v) is 3.66. The van der Waals surface area contributed by atoms with Crippen LogP contribution in [0.2, 0.25) is 0 Å². The van der Waals surface area contributed by atoms with E-state index in [2.05, 4.69) is 11.1 Å². The summed E-state index contributed by atoms with van der Waals surface area (Å²) in [5, 5.41) is 18.1. The highest BCUT2D eigenvalue weighted by Crippen LogP contribution is 2.20. The summed E-state index contributed by atoms with van der Waals surface area (Å²) in [5.74, 6) is 0. The van der Waals surface area contributed by atoms with Gasteiger partial charge in [0.1, 0.15) is 6.07 Å². The highest BCUT2D eigenvalue weighted by atomic mass is 32.2. The van der Waals surface area contributed by atoms with E-state index in [-0.39, 0.29) is 0 Å². The summed E-state index contributed by atoms with van der Waals surface area (Å²) in [7, 11) is 1.78. The van der Waals surface area contributed by atoms with Gasteiger partial charge in [0.05, 0.1) is 11.3 Å². The number of amidine groups is 1. The smallest absolute Gasteiger partial charge is 0.208 e. The van der Waals surface area contributed by atoms with Crippen molar-refractivity contribution in [2.75, 3.05) is 18.2 Å². The molecule has 1 aromatic rings. The fourth-order valence-corrected chi connectivity index (χ4v) is 1.77. The molecule has 0 saturated heterocycles. The molecule has 0 aromatic heterocycles. The Morgan fingerprint density at radius 2 is 2.06 bits per heavy atom. The first kappa shape index (κ1) is 12.1. The molecular weight excluding hydrogens is 220 g/mol. The molecule has 0 saturated carbocycles. The van der Waals surface area contributed by atoms with Crippen molar-refractivity contribution in [1.29, 1.82) is 10.5 Å². The summed E-state index contributed by atoms with van der Waals surface area (Å²) in [6.45, 7) is 0. The average molecular weight is 230 g/mol. The lowest BCUT2D eigenvalue weighted by Crippen LogP contribution is -2.23. The molecule has 0 heterocycles. The van der Waals surface area contributed by atoms with Crippen LogP contribution in [0, 0.1) is 22.8 Å². The van der Waals surface area contributed by atoms with E-state index < -0.39 is 0 Å². The zero-order valence-corrected chi connectivity index (χ0v) is 9.82. The van der Waals surface area contributed by atoms with Crippen LogP contribution in [0.1, 0.15) is 5.56 Å². The van der Waals surface area contributed by atoms with Crippen molar-refractivity contribution in [2.24, 2.45) is 4.99 Å². The van der Waals surface area contributed by atoms with Crippen LogP contribution in [-0.4, -0.2) is 18.5 Å². The third kappa shape index (κ3) is 2.53. The van der Waals surface area contributed by atoms with Gasteiger partial charge in [0.15, 0.2) is 5.17 Å². The number of hydrogen-bond donors (Lipinski definition) is 0. The first-order valence-electron chi connectivity index (χ1n) is 4.48. The van der Waals surface area contributed by atoms with Crippen molar-refractivity contribution in [3.63, 3.8) is 0 Å². The van der Waals surface area contributed by atoms with Gasteiger partial charge in [0.25, 0.3) is 0 Å². The number of hydrogen-bond acceptors (Lipinski definition) is 4. The maximum Gasteiger partial charge on any atom is 0.208 e. The van der Waals surface area contributed by atoms with E-state index in [0.29, 0.717) is 10.7 Å². The number of thioether (sulfide) groups is 1. The quantitative estimate of drug-likeness (QED) is 0.421. The molecule has 80 valence electrons. The summed E-state index contributed by atoms with van der Waals surface area (Å²) < 4.78 is 0. The molecule has 0 amide bonds. The van der Waals surface area contributed by atoms with Crippen LogP contribution in [-0.2, 0) is 0 Å². The van der Waals surface area contributed by atoms with Gasteiger partial charge in [0.2, 0.25) is 6.19 Å². The van der Waals surface area contributed by atoms with Crippen molar-refractivity contribution in [3.05, 3.63) is 29.8 Å². The van der Waals surface area contributed by atoms with Gasteiger partial charge in [-0.25, -0.2) is 0 Å². The van der Waals surface area contributed by atoms with E-state index in [4.69, 9.17) is 10.5 Å². The van der Waals surface area contributed by atoms with Crippen LogP contribution < -0.4 is 4.90 Å². The van der Waals surface area contributed by atoms with Gasteiger partial charge >= 0.3 is 0 Å². The van der Waals surface area contributed by atoms with Gasteiger partial charge in [-0.2, -0.15) is 10.5 Å². The first-order chi connectivity index (χ1) is 7.74. The molecule has 0 spiro atoms. The van der Waals surface area contributed by atoms with Crippen LogP contribution in [0.3, 0.4) is 0 Å². The maximum absolute atomic E-state index is 8.96. The molecule has 0 N–H and O–H groups in total. The minimum absolute atomic E-state index is 0.560. The normalized spacial score (nSPS) is 10.4. The molecule has 0 aliphatic carbocycles. The van der Waals surface area contributed by atoms with Crippen LogP contribution in [0.25, 0.3) is 0 Å². The van der Waals surface area contributed by atoms with Crippen LogP contribution in [0.4, 0.5) is 5.69 Å². The Hall–Kier alpha value is -1.98. The Morgan fingerprint density at radius 3 is 2.62 bits per heavy atom. The lowest BCUT2D eigenvalue weighted by Gasteiger charge is -2.19. The van der Waals surface area contributed by atoms with E-state index in [1.807, 2.05) is 18.4 Å². The van der Waals surface area contributed by atoms with Crippen LogP contribution in [0.15, 0.2) is 29.3 Å². The topological polar surface area (TPSA) is 63.2 Å². The average Bonchev–Trinajstić information content (AvgIpc) is 2.35. The second kappa shape index (κ2) is 5.79. The molecule has 16 heavy (non-hydrogen) atoms. The summed E-state index contributed by atoms with van der Waals surface area (Å²) in [6.07, 6.45) is 3.58. The number of aliphatic imine (C=N–C) groups is 1. The molecule has 0 atom stereocenters. The largest absolute Gasteiger partial charge is 0.322 e. The van der Waals surface area contributed by atoms with Crippen molar-refractivity contribution >= 4 is 22.6 Å². The predicted molar refractivity (Wildman–Crippen MR) is 66.1 cm³/mol. The van der Waals surface area contributed by atoms with E-state index >= 15 is 0 Å². The van der Waals surface area contributed by atoms with E-state index in [0.717, 1.165) is 5.69 Å². The monoisotopic (exact) mass is 230 g/mol. The molecule has 0 bridgehead atoms. The highest BCUT2D eigenvalue weighted by molar-refractivity contribution is 8.13. The fraction of sp³-hybridized carbons (Fsp3) is 0.182. The number of nitriles is 2. The molecule has 0 aliphatic heterocycles. The molecule has 0 fully saturated rings. The lowest BCUT2D eigenvalue weighted by atomic mass is 10.2. The van der Waals surface area contributed by atoms with E-state index in [1.54, 1.807) is 30.3 Å². The second-order valence-electron chi connectivity index (χ2n) is 2.89. The summed E-state index contributed by atoms with van der Waals surface area (Å²) in [5.41, 5.74) is 1.30. The summed E-state index contributed by atoms with van der Waals surface area (Å²) in [4.78, 5) is 5.42. The molecule has 0 radical (unpaired) electrons. The van der Waals surface area contributed by atoms with Crippen LogP contribution >= 0.6 is 11.8 Å². The molecule has 0 aliphatic rings. The maximum atomic E-state index is 8.96. The van der Waals surface area contributed by atoms with Gasteiger partial charge in [-0.1, -0.05) is 23.9 Å². The predicted octanol–water partition coefficient (Wildman–Crippen LogP) is 2.19. The molecule has 1 rings (SSSR count). The van der Waals surface area contributed by atoms with Gasteiger partial charge in [0, 0.05) is 7.05 Å². The minimum Gasteiger partial charge on any atom is -0.322 e. The Kier molecular flexibility index (Phi) is 4.38. The Bertz CT molecular complexity index is 481. The number of benzene rings is 1. The van der Waals surface area contributed by atoms with Crippen molar-refractivity contribution in [1.82, 2.24) is 0 Å². The van der Waals surface area contributed by atoms with Crippen molar-refractivity contribution < 1.29 is 0 Å². The zero-order valence-electron chi connectivity index (χ0n) is 9.01. The van der Waals surface area contributed by atoms with Gasteiger partial charge in [-0.3, -0.25) is 0 Å². The minimum atomic E-state index is 0.560. The molecular formula is C11H10N4S. The van der Waals surface area contributed by atoms with E-state index in [9.17, 15) is 0 Å². The fourth-order valence-electron chi connectivity index (χ4n) is 1.26. The number of anilines is 1. The van der Waals surface area contributed by atoms with Gasteiger partial charge in [-0.15, -0.1) is 4.99 Å². The van der Waals surface area contributed by atoms with Crippen molar-refractivity contribution in [2.45, 2.75) is 0 Å². The Morgan fingerprint density at radius 1 is 1.38 bits per heavy atom. The third-order valence-corrected chi connectivity index (χ3v) is 2.73. The molecule has 5 heteroatoms. The SMILES string of the molecule is CSC(=NC#N)N(C)c1ccccc1C#N. The number of rotatable bonds is 1.